The smallest absolute Gasteiger partial charge is 0.254 e. The summed E-state index contributed by atoms with van der Waals surface area (Å²) in [6, 6.07) is 11.9. The predicted octanol–water partition coefficient (Wildman–Crippen LogP) is 3.16. The summed E-state index contributed by atoms with van der Waals surface area (Å²) < 4.78 is 0.478. The number of aromatic amines is 1. The van der Waals surface area contributed by atoms with Gasteiger partial charge < -0.3 is 10.3 Å². The Kier molecular flexibility index (Phi) is 3.17. The maximum atomic E-state index is 12.2. The first kappa shape index (κ1) is 12.1. The molecule has 0 saturated heterocycles. The van der Waals surface area contributed by atoms with Crippen LogP contribution in [0.15, 0.2) is 42.6 Å². The fourth-order valence-electron chi connectivity index (χ4n) is 2.54. The Morgan fingerprint density at radius 3 is 2.95 bits per heavy atom. The standard InChI is InChI=1S/C15H14N2OS/c18-14(12-6-3-9-16-15(12)19)17-13-8-7-10-4-1-2-5-11(10)13/h1-6,9,13H,7-8H2,(H,16,19)(H,17,18). The number of aromatic nitrogens is 1. The van der Waals surface area contributed by atoms with E-state index in [0.29, 0.717) is 10.2 Å². The Balaban J connectivity index is 1.82. The molecule has 1 atom stereocenters. The molecule has 19 heavy (non-hydrogen) atoms. The van der Waals surface area contributed by atoms with Crippen molar-refractivity contribution in [3.05, 3.63) is 63.9 Å². The Labute approximate surface area is 116 Å². The molecule has 96 valence electrons. The number of hydrogen-bond donors (Lipinski definition) is 2. The van der Waals surface area contributed by atoms with E-state index < -0.39 is 0 Å². The second kappa shape index (κ2) is 4.97. The van der Waals surface area contributed by atoms with Crippen LogP contribution in [0.25, 0.3) is 0 Å². The van der Waals surface area contributed by atoms with Crippen LogP contribution in [0.4, 0.5) is 0 Å². The van der Waals surface area contributed by atoms with Gasteiger partial charge in [0.15, 0.2) is 0 Å². The van der Waals surface area contributed by atoms with Crippen molar-refractivity contribution in [3.8, 4) is 0 Å². The molecular formula is C15H14N2OS. The minimum absolute atomic E-state index is 0.0957. The van der Waals surface area contributed by atoms with Crippen LogP contribution in [0.5, 0.6) is 0 Å². The number of H-pyrrole nitrogens is 1. The zero-order chi connectivity index (χ0) is 13.2. The van der Waals surface area contributed by atoms with Crippen LogP contribution >= 0.6 is 12.2 Å². The molecule has 1 unspecified atom stereocenters. The average molecular weight is 270 g/mol. The molecule has 1 aromatic carbocycles. The van der Waals surface area contributed by atoms with Crippen LogP contribution in [0.1, 0.15) is 33.9 Å². The zero-order valence-electron chi connectivity index (χ0n) is 10.3. The van der Waals surface area contributed by atoms with E-state index in [1.807, 2.05) is 12.1 Å². The van der Waals surface area contributed by atoms with Gasteiger partial charge in [-0.3, -0.25) is 4.79 Å². The lowest BCUT2D eigenvalue weighted by Gasteiger charge is -2.14. The molecule has 1 aromatic heterocycles. The molecule has 0 fully saturated rings. The fraction of sp³-hybridized carbons (Fsp3) is 0.200. The third kappa shape index (κ3) is 2.31. The van der Waals surface area contributed by atoms with Crippen molar-refractivity contribution in [1.82, 2.24) is 10.3 Å². The second-order valence-electron chi connectivity index (χ2n) is 4.68. The van der Waals surface area contributed by atoms with Crippen molar-refractivity contribution in [1.29, 1.82) is 0 Å². The summed E-state index contributed by atoms with van der Waals surface area (Å²) in [5.41, 5.74) is 3.08. The lowest BCUT2D eigenvalue weighted by atomic mass is 10.1. The van der Waals surface area contributed by atoms with E-state index in [1.165, 1.54) is 11.1 Å². The summed E-state index contributed by atoms with van der Waals surface area (Å²) >= 11 is 5.13. The maximum absolute atomic E-state index is 12.2. The topological polar surface area (TPSA) is 44.9 Å². The zero-order valence-corrected chi connectivity index (χ0v) is 11.2. The van der Waals surface area contributed by atoms with E-state index in [4.69, 9.17) is 12.2 Å². The number of benzene rings is 1. The van der Waals surface area contributed by atoms with Crippen LogP contribution in [-0.4, -0.2) is 10.9 Å². The summed E-state index contributed by atoms with van der Waals surface area (Å²) in [7, 11) is 0. The van der Waals surface area contributed by atoms with Crippen LogP contribution < -0.4 is 5.32 Å². The molecule has 3 nitrogen and oxygen atoms in total. The van der Waals surface area contributed by atoms with Crippen LogP contribution in [-0.2, 0) is 6.42 Å². The van der Waals surface area contributed by atoms with E-state index in [1.54, 1.807) is 18.3 Å². The molecule has 2 aromatic rings. The number of rotatable bonds is 2. The van der Waals surface area contributed by atoms with Gasteiger partial charge in [0.1, 0.15) is 4.64 Å². The molecule has 0 spiro atoms. The van der Waals surface area contributed by atoms with Gasteiger partial charge in [0.05, 0.1) is 11.6 Å². The third-order valence-electron chi connectivity index (χ3n) is 3.50. The normalized spacial score (nSPS) is 16.9. The second-order valence-corrected chi connectivity index (χ2v) is 5.08. The highest BCUT2D eigenvalue weighted by atomic mass is 32.1. The van der Waals surface area contributed by atoms with Gasteiger partial charge in [-0.25, -0.2) is 0 Å². The van der Waals surface area contributed by atoms with Gasteiger partial charge in [-0.15, -0.1) is 0 Å². The molecule has 1 aliphatic carbocycles. The number of fused-ring (bicyclic) bond motifs is 1. The number of amides is 1. The van der Waals surface area contributed by atoms with Gasteiger partial charge in [-0.2, -0.15) is 0 Å². The van der Waals surface area contributed by atoms with Crippen molar-refractivity contribution >= 4 is 18.1 Å². The average Bonchev–Trinajstić information content (AvgIpc) is 2.83. The number of carbonyl (C=O) groups is 1. The predicted molar refractivity (Wildman–Crippen MR) is 76.6 cm³/mol. The van der Waals surface area contributed by atoms with Gasteiger partial charge in [0, 0.05) is 6.20 Å². The Hall–Kier alpha value is -1.94. The Morgan fingerprint density at radius 2 is 2.11 bits per heavy atom. The molecule has 0 saturated carbocycles. The van der Waals surface area contributed by atoms with E-state index >= 15 is 0 Å². The van der Waals surface area contributed by atoms with Crippen molar-refractivity contribution in [2.45, 2.75) is 18.9 Å². The van der Waals surface area contributed by atoms with Crippen LogP contribution in [0, 0.1) is 4.64 Å². The SMILES string of the molecule is O=C(NC1CCc2ccccc21)c1ccc[nH]c1=S. The Bertz CT molecular complexity index is 678. The molecule has 0 bridgehead atoms. The largest absolute Gasteiger partial charge is 0.352 e. The first-order valence-electron chi connectivity index (χ1n) is 6.32. The number of pyridine rings is 1. The highest BCUT2D eigenvalue weighted by Crippen LogP contribution is 2.30. The lowest BCUT2D eigenvalue weighted by molar-refractivity contribution is 0.0936. The molecule has 0 radical (unpaired) electrons. The van der Waals surface area contributed by atoms with Crippen molar-refractivity contribution in [3.63, 3.8) is 0 Å². The van der Waals surface area contributed by atoms with E-state index in [9.17, 15) is 4.79 Å². The highest BCUT2D eigenvalue weighted by Gasteiger charge is 2.23. The summed E-state index contributed by atoms with van der Waals surface area (Å²) in [4.78, 5) is 15.1. The first-order valence-corrected chi connectivity index (χ1v) is 6.73. The summed E-state index contributed by atoms with van der Waals surface area (Å²) in [6.45, 7) is 0. The summed E-state index contributed by atoms with van der Waals surface area (Å²) in [5, 5.41) is 3.07. The van der Waals surface area contributed by atoms with Gasteiger partial charge in [-0.05, 0) is 36.1 Å². The number of aryl methyl sites for hydroxylation is 1. The number of nitrogens with one attached hydrogen (secondary N) is 2. The van der Waals surface area contributed by atoms with Gasteiger partial charge in [0.25, 0.3) is 5.91 Å². The molecule has 1 heterocycles. The number of hydrogen-bond acceptors (Lipinski definition) is 2. The summed E-state index contributed by atoms with van der Waals surface area (Å²) in [6.07, 6.45) is 3.70. The van der Waals surface area contributed by atoms with Crippen LogP contribution in [0.2, 0.25) is 0 Å². The summed E-state index contributed by atoms with van der Waals surface area (Å²) in [5.74, 6) is -0.108. The monoisotopic (exact) mass is 270 g/mol. The van der Waals surface area contributed by atoms with Crippen molar-refractivity contribution in [2.24, 2.45) is 0 Å². The number of carbonyl (C=O) groups excluding carboxylic acids is 1. The first-order chi connectivity index (χ1) is 9.25. The molecule has 1 aliphatic rings. The van der Waals surface area contributed by atoms with E-state index in [-0.39, 0.29) is 11.9 Å². The van der Waals surface area contributed by atoms with E-state index in [2.05, 4.69) is 22.4 Å². The molecule has 0 aliphatic heterocycles. The highest BCUT2D eigenvalue weighted by molar-refractivity contribution is 7.71. The molecule has 3 rings (SSSR count). The molecule has 2 N–H and O–H groups in total. The maximum Gasteiger partial charge on any atom is 0.254 e. The van der Waals surface area contributed by atoms with Crippen molar-refractivity contribution < 1.29 is 4.79 Å². The minimum atomic E-state index is -0.108. The van der Waals surface area contributed by atoms with Gasteiger partial charge >= 0.3 is 0 Å². The van der Waals surface area contributed by atoms with Crippen molar-refractivity contribution in [2.75, 3.05) is 0 Å². The molecule has 4 heteroatoms. The quantitative estimate of drug-likeness (QED) is 0.823. The lowest BCUT2D eigenvalue weighted by Crippen LogP contribution is -2.27. The Morgan fingerprint density at radius 1 is 1.26 bits per heavy atom. The van der Waals surface area contributed by atoms with Crippen LogP contribution in [0.3, 0.4) is 0 Å². The van der Waals surface area contributed by atoms with E-state index in [0.717, 1.165) is 12.8 Å². The third-order valence-corrected chi connectivity index (χ3v) is 3.84. The van der Waals surface area contributed by atoms with Gasteiger partial charge in [0.2, 0.25) is 0 Å². The molecular weight excluding hydrogens is 256 g/mol. The minimum Gasteiger partial charge on any atom is -0.352 e. The fourth-order valence-corrected chi connectivity index (χ4v) is 2.77. The molecule has 1 amide bonds. The van der Waals surface area contributed by atoms with Gasteiger partial charge in [-0.1, -0.05) is 36.5 Å².